The van der Waals surface area contributed by atoms with E-state index < -0.39 is 8.32 Å². The lowest BCUT2D eigenvalue weighted by Crippen LogP contribution is -2.52. The number of carbonyl (C=O) groups excluding carboxylic acids is 1. The lowest BCUT2D eigenvalue weighted by Gasteiger charge is -2.58. The molecule has 2 nitrogen and oxygen atoms in total. The molecule has 3 fully saturated rings. The van der Waals surface area contributed by atoms with E-state index in [1.54, 1.807) is 5.57 Å². The molecule has 3 saturated carbocycles. The summed E-state index contributed by atoms with van der Waals surface area (Å²) in [6, 6.07) is 0. The highest BCUT2D eigenvalue weighted by atomic mass is 28.4. The second-order valence-corrected chi connectivity index (χ2v) is 18.5. The van der Waals surface area contributed by atoms with Gasteiger partial charge in [-0.15, -0.1) is 0 Å². The van der Waals surface area contributed by atoms with Gasteiger partial charge >= 0.3 is 0 Å². The molecule has 176 valence electrons. The van der Waals surface area contributed by atoms with Crippen molar-refractivity contribution in [1.29, 1.82) is 0 Å². The zero-order valence-electron chi connectivity index (χ0n) is 21.6. The third-order valence-electron chi connectivity index (χ3n) is 11.2. The Kier molecular flexibility index (Phi) is 5.99. The van der Waals surface area contributed by atoms with Gasteiger partial charge in [-0.1, -0.05) is 53.2 Å². The molecule has 4 aliphatic rings. The summed E-state index contributed by atoms with van der Waals surface area (Å²) in [5.41, 5.74) is 2.49. The van der Waals surface area contributed by atoms with Crippen LogP contribution in [0.15, 0.2) is 11.6 Å². The Morgan fingerprint density at radius 1 is 1.10 bits per heavy atom. The second-order valence-electron chi connectivity index (χ2n) is 13.7. The first kappa shape index (κ1) is 23.7. The molecule has 0 radical (unpaired) electrons. The SMILES string of the molecule is C[C@H](C=O)[C@H]1CC[C@H]2[C@@H]3CC=C4C[C@@H](O[Si](C)(C)C(C)(C)C)CC[C@]4(C)[C@H]3CC[C@]12C. The van der Waals surface area contributed by atoms with E-state index in [4.69, 9.17) is 4.43 Å². The van der Waals surface area contributed by atoms with E-state index in [1.165, 1.54) is 57.7 Å². The Bertz CT molecular complexity index is 734. The monoisotopic (exact) mass is 444 g/mol. The lowest BCUT2D eigenvalue weighted by atomic mass is 9.47. The maximum Gasteiger partial charge on any atom is 0.192 e. The maximum absolute atomic E-state index is 11.6. The summed E-state index contributed by atoms with van der Waals surface area (Å²) in [6.07, 6.45) is 14.6. The molecule has 0 aromatic rings. The molecule has 0 aromatic carbocycles. The van der Waals surface area contributed by atoms with Crippen LogP contribution in [0.2, 0.25) is 18.1 Å². The molecule has 0 saturated heterocycles. The highest BCUT2D eigenvalue weighted by Gasteiger charge is 2.59. The Morgan fingerprint density at radius 3 is 2.45 bits per heavy atom. The summed E-state index contributed by atoms with van der Waals surface area (Å²) in [4.78, 5) is 11.6. The van der Waals surface area contributed by atoms with Gasteiger partial charge in [-0.3, -0.25) is 0 Å². The van der Waals surface area contributed by atoms with Gasteiger partial charge in [-0.2, -0.15) is 0 Å². The van der Waals surface area contributed by atoms with Crippen molar-refractivity contribution in [1.82, 2.24) is 0 Å². The summed E-state index contributed by atoms with van der Waals surface area (Å²) in [6.45, 7) is 19.2. The number of allylic oxidation sites excluding steroid dienone is 1. The molecule has 0 aliphatic heterocycles. The predicted octanol–water partition coefficient (Wildman–Crippen LogP) is 7.79. The van der Waals surface area contributed by atoms with Crippen LogP contribution in [-0.4, -0.2) is 20.7 Å². The van der Waals surface area contributed by atoms with Crippen molar-refractivity contribution in [3.05, 3.63) is 11.6 Å². The van der Waals surface area contributed by atoms with Crippen molar-refractivity contribution < 1.29 is 9.22 Å². The average Bonchev–Trinajstić information content (AvgIpc) is 3.04. The summed E-state index contributed by atoms with van der Waals surface area (Å²) in [7, 11) is -1.71. The van der Waals surface area contributed by atoms with E-state index in [9.17, 15) is 4.79 Å². The summed E-state index contributed by atoms with van der Waals surface area (Å²) in [5.74, 6) is 3.30. The molecule has 0 spiro atoms. The van der Waals surface area contributed by atoms with Crippen LogP contribution in [0.5, 0.6) is 0 Å². The summed E-state index contributed by atoms with van der Waals surface area (Å²) < 4.78 is 6.88. The van der Waals surface area contributed by atoms with Crippen LogP contribution in [0, 0.1) is 40.4 Å². The fourth-order valence-electron chi connectivity index (χ4n) is 8.32. The van der Waals surface area contributed by atoms with Crippen molar-refractivity contribution >= 4 is 14.6 Å². The Balaban J connectivity index is 1.53. The molecule has 0 unspecified atom stereocenters. The Labute approximate surface area is 193 Å². The summed E-state index contributed by atoms with van der Waals surface area (Å²) >= 11 is 0. The van der Waals surface area contributed by atoms with Crippen LogP contribution in [0.3, 0.4) is 0 Å². The Morgan fingerprint density at radius 2 is 1.81 bits per heavy atom. The van der Waals surface area contributed by atoms with Crippen molar-refractivity contribution in [3.8, 4) is 0 Å². The van der Waals surface area contributed by atoms with Gasteiger partial charge in [0.2, 0.25) is 0 Å². The summed E-state index contributed by atoms with van der Waals surface area (Å²) in [5, 5.41) is 0.283. The van der Waals surface area contributed by atoms with Gasteiger partial charge in [0.05, 0.1) is 0 Å². The number of rotatable bonds is 4. The molecule has 3 heteroatoms. The third kappa shape index (κ3) is 3.74. The van der Waals surface area contributed by atoms with Gasteiger partial charge in [0.25, 0.3) is 0 Å². The number of aldehydes is 1. The number of hydrogen-bond donors (Lipinski definition) is 0. The van der Waals surface area contributed by atoms with E-state index in [0.29, 0.717) is 22.9 Å². The van der Waals surface area contributed by atoms with Gasteiger partial charge in [-0.05, 0) is 104 Å². The molecule has 0 N–H and O–H groups in total. The minimum atomic E-state index is -1.71. The van der Waals surface area contributed by atoms with Crippen LogP contribution in [-0.2, 0) is 9.22 Å². The standard InChI is InChI=1S/C28H48O2Si/c1-19(18-29)23-11-12-24-22-10-9-20-17-21(30-31(7,8)26(2,3)4)13-15-27(20,5)25(22)14-16-28(23,24)6/h9,18-19,21-25H,10-17H2,1-8H3/t19-,21+,22+,23-,24+,25+,27+,28-/m1/s1. The number of fused-ring (bicyclic) bond motifs is 5. The molecule has 8 atom stereocenters. The van der Waals surface area contributed by atoms with E-state index in [1.807, 2.05) is 0 Å². The quantitative estimate of drug-likeness (QED) is 0.251. The molecular formula is C28H48O2Si. The van der Waals surface area contributed by atoms with E-state index in [-0.39, 0.29) is 11.0 Å². The Hall–Kier alpha value is -0.413. The molecule has 0 bridgehead atoms. The van der Waals surface area contributed by atoms with Crippen molar-refractivity contribution in [3.63, 3.8) is 0 Å². The van der Waals surface area contributed by atoms with E-state index in [0.717, 1.165) is 17.8 Å². The van der Waals surface area contributed by atoms with Crippen LogP contribution < -0.4 is 0 Å². The first-order valence-corrected chi connectivity index (χ1v) is 16.1. The van der Waals surface area contributed by atoms with E-state index >= 15 is 0 Å². The molecule has 0 aromatic heterocycles. The van der Waals surface area contributed by atoms with Crippen LogP contribution in [0.1, 0.15) is 92.9 Å². The number of carbonyl (C=O) groups is 1. The van der Waals surface area contributed by atoms with Gasteiger partial charge in [-0.25, -0.2) is 0 Å². The predicted molar refractivity (Wildman–Crippen MR) is 132 cm³/mol. The zero-order valence-corrected chi connectivity index (χ0v) is 22.6. The van der Waals surface area contributed by atoms with E-state index in [2.05, 4.69) is 60.7 Å². The minimum absolute atomic E-state index is 0.222. The fourth-order valence-corrected chi connectivity index (χ4v) is 9.71. The fraction of sp³-hybridized carbons (Fsp3) is 0.893. The van der Waals surface area contributed by atoms with Crippen LogP contribution >= 0.6 is 0 Å². The van der Waals surface area contributed by atoms with Crippen molar-refractivity contribution in [2.45, 2.75) is 117 Å². The second kappa shape index (κ2) is 7.83. The van der Waals surface area contributed by atoms with Gasteiger partial charge < -0.3 is 9.22 Å². The average molecular weight is 445 g/mol. The third-order valence-corrected chi connectivity index (χ3v) is 15.8. The smallest absolute Gasteiger partial charge is 0.192 e. The van der Waals surface area contributed by atoms with Crippen molar-refractivity contribution in [2.24, 2.45) is 40.4 Å². The molecule has 4 aliphatic carbocycles. The first-order chi connectivity index (χ1) is 14.3. The van der Waals surface area contributed by atoms with Gasteiger partial charge in [0.15, 0.2) is 8.32 Å². The zero-order chi connectivity index (χ0) is 22.8. The minimum Gasteiger partial charge on any atom is -0.414 e. The topological polar surface area (TPSA) is 26.3 Å². The highest BCUT2D eigenvalue weighted by Crippen LogP contribution is 2.67. The normalized spacial score (nSPS) is 44.0. The van der Waals surface area contributed by atoms with Gasteiger partial charge in [0, 0.05) is 12.0 Å². The molecule has 31 heavy (non-hydrogen) atoms. The van der Waals surface area contributed by atoms with Crippen LogP contribution in [0.25, 0.3) is 0 Å². The molecular weight excluding hydrogens is 396 g/mol. The van der Waals surface area contributed by atoms with Crippen LogP contribution in [0.4, 0.5) is 0 Å². The molecule has 0 heterocycles. The van der Waals surface area contributed by atoms with Crippen molar-refractivity contribution in [2.75, 3.05) is 0 Å². The maximum atomic E-state index is 11.6. The first-order valence-electron chi connectivity index (χ1n) is 13.2. The number of hydrogen-bond acceptors (Lipinski definition) is 2. The molecule has 4 rings (SSSR count). The highest BCUT2D eigenvalue weighted by molar-refractivity contribution is 6.74. The molecule has 0 amide bonds. The largest absolute Gasteiger partial charge is 0.414 e. The lowest BCUT2D eigenvalue weighted by molar-refractivity contribution is -0.115. The van der Waals surface area contributed by atoms with Gasteiger partial charge in [0.1, 0.15) is 6.29 Å².